The standard InChI is InChI=1S/C12H23NO5/c1-13(4-7-17-6-3-5-16-2)11-9-18-8-10(11)12(14)15/h10-11H,3-9H2,1-2H3,(H,14,15). The number of likely N-dealkylation sites (N-methyl/N-ethyl adjacent to an activating group) is 1. The van der Waals surface area contributed by atoms with Crippen LogP contribution in [0.25, 0.3) is 0 Å². The Hall–Kier alpha value is -0.690. The number of ether oxygens (including phenoxy) is 3. The van der Waals surface area contributed by atoms with Crippen molar-refractivity contribution in [2.45, 2.75) is 12.5 Å². The Kier molecular flexibility index (Phi) is 7.19. The monoisotopic (exact) mass is 261 g/mol. The van der Waals surface area contributed by atoms with Crippen LogP contribution >= 0.6 is 0 Å². The van der Waals surface area contributed by atoms with Crippen LogP contribution in [0.15, 0.2) is 0 Å². The molecule has 18 heavy (non-hydrogen) atoms. The number of hydrogen-bond donors (Lipinski definition) is 1. The van der Waals surface area contributed by atoms with Crippen molar-refractivity contribution < 1.29 is 24.1 Å². The zero-order valence-electron chi connectivity index (χ0n) is 11.1. The SMILES string of the molecule is COCCCOCCN(C)C1COCC1C(=O)O. The molecule has 1 saturated heterocycles. The molecule has 0 aromatic rings. The van der Waals surface area contributed by atoms with Gasteiger partial charge in [0.05, 0.1) is 25.7 Å². The van der Waals surface area contributed by atoms with Gasteiger partial charge in [-0.05, 0) is 13.5 Å². The molecule has 2 atom stereocenters. The highest BCUT2D eigenvalue weighted by molar-refractivity contribution is 5.71. The Morgan fingerprint density at radius 3 is 2.83 bits per heavy atom. The summed E-state index contributed by atoms with van der Waals surface area (Å²) in [6.45, 7) is 3.47. The van der Waals surface area contributed by atoms with E-state index in [1.54, 1.807) is 7.11 Å². The van der Waals surface area contributed by atoms with Crippen molar-refractivity contribution in [1.82, 2.24) is 4.90 Å². The van der Waals surface area contributed by atoms with Crippen LogP contribution in [0.2, 0.25) is 0 Å². The minimum Gasteiger partial charge on any atom is -0.481 e. The lowest BCUT2D eigenvalue weighted by Gasteiger charge is -2.25. The van der Waals surface area contributed by atoms with E-state index in [0.29, 0.717) is 39.6 Å². The summed E-state index contributed by atoms with van der Waals surface area (Å²) in [7, 11) is 3.58. The van der Waals surface area contributed by atoms with E-state index in [1.807, 2.05) is 11.9 Å². The van der Waals surface area contributed by atoms with Crippen LogP contribution in [0, 0.1) is 5.92 Å². The third-order valence-corrected chi connectivity index (χ3v) is 3.16. The number of carboxylic acids is 1. The van der Waals surface area contributed by atoms with Gasteiger partial charge in [0.15, 0.2) is 0 Å². The maximum absolute atomic E-state index is 11.0. The van der Waals surface area contributed by atoms with E-state index in [0.717, 1.165) is 6.42 Å². The molecule has 0 saturated carbocycles. The van der Waals surface area contributed by atoms with E-state index < -0.39 is 11.9 Å². The van der Waals surface area contributed by atoms with E-state index in [2.05, 4.69) is 0 Å². The molecule has 0 aliphatic carbocycles. The molecular weight excluding hydrogens is 238 g/mol. The van der Waals surface area contributed by atoms with Gasteiger partial charge in [-0.15, -0.1) is 0 Å². The zero-order valence-corrected chi connectivity index (χ0v) is 11.1. The summed E-state index contributed by atoms with van der Waals surface area (Å²) in [5.74, 6) is -1.21. The highest BCUT2D eigenvalue weighted by Crippen LogP contribution is 2.18. The van der Waals surface area contributed by atoms with Gasteiger partial charge in [-0.25, -0.2) is 0 Å². The second-order valence-electron chi connectivity index (χ2n) is 4.49. The average molecular weight is 261 g/mol. The predicted molar refractivity (Wildman–Crippen MR) is 65.7 cm³/mol. The summed E-state index contributed by atoms with van der Waals surface area (Å²) >= 11 is 0. The molecule has 2 unspecified atom stereocenters. The normalized spacial score (nSPS) is 23.7. The lowest BCUT2D eigenvalue weighted by molar-refractivity contribution is -0.143. The van der Waals surface area contributed by atoms with Gasteiger partial charge in [-0.3, -0.25) is 9.69 Å². The minimum absolute atomic E-state index is 0.0509. The van der Waals surface area contributed by atoms with Gasteiger partial charge in [0, 0.05) is 32.9 Å². The molecule has 0 aromatic carbocycles. The highest BCUT2D eigenvalue weighted by Gasteiger charge is 2.36. The topological polar surface area (TPSA) is 68.2 Å². The molecule has 0 spiro atoms. The molecule has 6 nitrogen and oxygen atoms in total. The first-order valence-electron chi connectivity index (χ1n) is 6.24. The summed E-state index contributed by atoms with van der Waals surface area (Å²) in [5, 5.41) is 9.05. The summed E-state index contributed by atoms with van der Waals surface area (Å²) in [6, 6.07) is -0.0509. The van der Waals surface area contributed by atoms with Crippen molar-refractivity contribution in [2.75, 3.05) is 53.7 Å². The molecule has 0 bridgehead atoms. The Bertz CT molecular complexity index is 249. The van der Waals surface area contributed by atoms with E-state index in [4.69, 9.17) is 19.3 Å². The van der Waals surface area contributed by atoms with Crippen LogP contribution in [0.5, 0.6) is 0 Å². The number of carboxylic acid groups (broad SMARTS) is 1. The van der Waals surface area contributed by atoms with Gasteiger partial charge in [0.1, 0.15) is 0 Å². The smallest absolute Gasteiger partial charge is 0.310 e. The van der Waals surface area contributed by atoms with E-state index >= 15 is 0 Å². The molecule has 0 amide bonds. The number of methoxy groups -OCH3 is 1. The van der Waals surface area contributed by atoms with Crippen molar-refractivity contribution in [2.24, 2.45) is 5.92 Å². The lowest BCUT2D eigenvalue weighted by atomic mass is 10.0. The largest absolute Gasteiger partial charge is 0.481 e. The summed E-state index contributed by atoms with van der Waals surface area (Å²) in [4.78, 5) is 13.0. The third-order valence-electron chi connectivity index (χ3n) is 3.16. The van der Waals surface area contributed by atoms with Gasteiger partial charge in [0.25, 0.3) is 0 Å². The quantitative estimate of drug-likeness (QED) is 0.592. The third kappa shape index (κ3) is 4.89. The Balaban J connectivity index is 2.15. The molecule has 6 heteroatoms. The van der Waals surface area contributed by atoms with Gasteiger partial charge in [0.2, 0.25) is 0 Å². The number of carbonyl (C=O) groups is 1. The van der Waals surface area contributed by atoms with Crippen molar-refractivity contribution in [3.63, 3.8) is 0 Å². The molecule has 0 radical (unpaired) electrons. The van der Waals surface area contributed by atoms with E-state index in [1.165, 1.54) is 0 Å². The highest BCUT2D eigenvalue weighted by atomic mass is 16.5. The summed E-state index contributed by atoms with van der Waals surface area (Å²) in [6.07, 6.45) is 0.879. The molecule has 0 aromatic heterocycles. The first-order valence-corrected chi connectivity index (χ1v) is 6.24. The number of rotatable bonds is 9. The first-order chi connectivity index (χ1) is 8.66. The molecule has 1 heterocycles. The number of nitrogens with zero attached hydrogens (tertiary/aromatic N) is 1. The Morgan fingerprint density at radius 1 is 1.39 bits per heavy atom. The molecule has 1 aliphatic rings. The van der Waals surface area contributed by atoms with E-state index in [-0.39, 0.29) is 6.04 Å². The fourth-order valence-electron chi connectivity index (χ4n) is 2.00. The Labute approximate surface area is 108 Å². The maximum Gasteiger partial charge on any atom is 0.310 e. The first kappa shape index (κ1) is 15.4. The number of hydrogen-bond acceptors (Lipinski definition) is 5. The molecule has 1 N–H and O–H groups in total. The van der Waals surface area contributed by atoms with Crippen LogP contribution in [-0.2, 0) is 19.0 Å². The van der Waals surface area contributed by atoms with Crippen LogP contribution in [0.3, 0.4) is 0 Å². The second kappa shape index (κ2) is 8.42. The van der Waals surface area contributed by atoms with E-state index in [9.17, 15) is 4.79 Å². The zero-order chi connectivity index (χ0) is 13.4. The van der Waals surface area contributed by atoms with Crippen LogP contribution in [-0.4, -0.2) is 75.8 Å². The Morgan fingerprint density at radius 2 is 2.17 bits per heavy atom. The molecule has 1 rings (SSSR count). The predicted octanol–water partition coefficient (Wildman–Crippen LogP) is 0.0709. The van der Waals surface area contributed by atoms with Crippen LogP contribution in [0.4, 0.5) is 0 Å². The molecule has 106 valence electrons. The van der Waals surface area contributed by atoms with Crippen molar-refractivity contribution in [1.29, 1.82) is 0 Å². The maximum atomic E-state index is 11.0. The number of aliphatic carboxylic acids is 1. The fraction of sp³-hybridized carbons (Fsp3) is 0.917. The van der Waals surface area contributed by atoms with Crippen molar-refractivity contribution >= 4 is 5.97 Å². The van der Waals surface area contributed by atoms with Crippen LogP contribution < -0.4 is 0 Å². The summed E-state index contributed by atoms with van der Waals surface area (Å²) in [5.41, 5.74) is 0. The van der Waals surface area contributed by atoms with Crippen molar-refractivity contribution in [3.8, 4) is 0 Å². The average Bonchev–Trinajstić information content (AvgIpc) is 2.82. The van der Waals surface area contributed by atoms with Crippen molar-refractivity contribution in [3.05, 3.63) is 0 Å². The molecule has 1 aliphatic heterocycles. The molecule has 1 fully saturated rings. The summed E-state index contributed by atoms with van der Waals surface area (Å²) < 4.78 is 15.6. The second-order valence-corrected chi connectivity index (χ2v) is 4.49. The van der Waals surface area contributed by atoms with Crippen LogP contribution in [0.1, 0.15) is 6.42 Å². The van der Waals surface area contributed by atoms with Gasteiger partial charge >= 0.3 is 5.97 Å². The molecular formula is C12H23NO5. The van der Waals surface area contributed by atoms with Gasteiger partial charge in [-0.1, -0.05) is 0 Å². The fourth-order valence-corrected chi connectivity index (χ4v) is 2.00. The van der Waals surface area contributed by atoms with Gasteiger partial charge in [-0.2, -0.15) is 0 Å². The minimum atomic E-state index is -0.787. The van der Waals surface area contributed by atoms with Gasteiger partial charge < -0.3 is 19.3 Å². The lowest BCUT2D eigenvalue weighted by Crippen LogP contribution is -2.42.